The summed E-state index contributed by atoms with van der Waals surface area (Å²) in [7, 11) is 0. The molecule has 3 aliphatic rings. The average molecular weight is 523 g/mol. The maximum Gasteiger partial charge on any atom is 0.194 e. The quantitative estimate of drug-likeness (QED) is 0.231. The summed E-state index contributed by atoms with van der Waals surface area (Å²) >= 11 is 4.61. The molecule has 0 spiro atoms. The molecule has 0 heterocycles. The SMILES string of the molecule is Fc1cc(C2CCC(c3c(F)cc(C4CCC(C5CCC(S)CC5)CC4)cc3F)CC2)cc(F)c1F. The van der Waals surface area contributed by atoms with Crippen LogP contribution in [0, 0.1) is 40.9 Å². The summed E-state index contributed by atoms with van der Waals surface area (Å²) in [4.78, 5) is 0. The first-order valence-corrected chi connectivity index (χ1v) is 14.1. The van der Waals surface area contributed by atoms with Crippen molar-refractivity contribution >= 4 is 12.6 Å². The highest BCUT2D eigenvalue weighted by Gasteiger charge is 2.33. The van der Waals surface area contributed by atoms with Crippen LogP contribution in [0.2, 0.25) is 0 Å². The van der Waals surface area contributed by atoms with E-state index < -0.39 is 29.1 Å². The molecular formula is C30H35F5S. The Morgan fingerprint density at radius 1 is 0.472 bits per heavy atom. The molecule has 2 aromatic rings. The van der Waals surface area contributed by atoms with Gasteiger partial charge in [0.15, 0.2) is 17.5 Å². The van der Waals surface area contributed by atoms with E-state index in [-0.39, 0.29) is 23.3 Å². The van der Waals surface area contributed by atoms with Gasteiger partial charge in [-0.05, 0) is 142 Å². The Kier molecular flexibility index (Phi) is 8.00. The van der Waals surface area contributed by atoms with Crippen LogP contribution in [0.1, 0.15) is 111 Å². The smallest absolute Gasteiger partial charge is 0.194 e. The highest BCUT2D eigenvalue weighted by Crippen LogP contribution is 2.46. The molecule has 3 fully saturated rings. The molecule has 0 unspecified atom stereocenters. The van der Waals surface area contributed by atoms with Gasteiger partial charge in [-0.15, -0.1) is 0 Å². The summed E-state index contributed by atoms with van der Waals surface area (Å²) in [5.41, 5.74) is 1.33. The van der Waals surface area contributed by atoms with Gasteiger partial charge in [0.1, 0.15) is 11.6 Å². The van der Waals surface area contributed by atoms with Crippen molar-refractivity contribution in [3.8, 4) is 0 Å². The lowest BCUT2D eigenvalue weighted by molar-refractivity contribution is 0.188. The van der Waals surface area contributed by atoms with Crippen molar-refractivity contribution in [2.75, 3.05) is 0 Å². The lowest BCUT2D eigenvalue weighted by Gasteiger charge is -2.37. The van der Waals surface area contributed by atoms with E-state index in [1.54, 1.807) is 12.1 Å². The van der Waals surface area contributed by atoms with E-state index in [0.717, 1.165) is 55.2 Å². The van der Waals surface area contributed by atoms with Crippen molar-refractivity contribution < 1.29 is 22.0 Å². The maximum absolute atomic E-state index is 15.2. The number of benzene rings is 2. The molecule has 2 aromatic carbocycles. The number of hydrogen-bond donors (Lipinski definition) is 1. The van der Waals surface area contributed by atoms with Gasteiger partial charge in [0.05, 0.1) is 0 Å². The van der Waals surface area contributed by atoms with Gasteiger partial charge in [0.25, 0.3) is 0 Å². The van der Waals surface area contributed by atoms with Crippen molar-refractivity contribution in [1.82, 2.24) is 0 Å². The highest BCUT2D eigenvalue weighted by atomic mass is 32.1. The Morgan fingerprint density at radius 2 is 0.833 bits per heavy atom. The topological polar surface area (TPSA) is 0 Å². The fraction of sp³-hybridized carbons (Fsp3) is 0.600. The fourth-order valence-electron chi connectivity index (χ4n) is 7.25. The fourth-order valence-corrected chi connectivity index (χ4v) is 7.55. The molecule has 0 N–H and O–H groups in total. The Bertz CT molecular complexity index is 1010. The molecule has 196 valence electrons. The number of rotatable bonds is 4. The highest BCUT2D eigenvalue weighted by molar-refractivity contribution is 7.80. The molecule has 0 amide bonds. The first-order chi connectivity index (χ1) is 17.3. The van der Waals surface area contributed by atoms with Crippen molar-refractivity contribution in [2.24, 2.45) is 11.8 Å². The van der Waals surface area contributed by atoms with Gasteiger partial charge in [-0.3, -0.25) is 0 Å². The minimum absolute atomic E-state index is 0.144. The summed E-state index contributed by atoms with van der Waals surface area (Å²) in [5.74, 6) is -3.49. The normalized spacial score (nSPS) is 31.4. The van der Waals surface area contributed by atoms with E-state index in [4.69, 9.17) is 0 Å². The minimum Gasteiger partial charge on any atom is -0.207 e. The zero-order chi connectivity index (χ0) is 25.4. The Morgan fingerprint density at radius 3 is 1.31 bits per heavy atom. The van der Waals surface area contributed by atoms with Crippen molar-refractivity contribution in [2.45, 2.75) is 100 Å². The minimum atomic E-state index is -1.47. The monoisotopic (exact) mass is 522 g/mol. The van der Waals surface area contributed by atoms with E-state index in [0.29, 0.717) is 36.5 Å². The second-order valence-electron chi connectivity index (χ2n) is 11.4. The number of hydrogen-bond acceptors (Lipinski definition) is 1. The third-order valence-corrected chi connectivity index (χ3v) is 9.88. The molecule has 0 atom stereocenters. The summed E-state index contributed by atoms with van der Waals surface area (Å²) < 4.78 is 71.1. The summed E-state index contributed by atoms with van der Waals surface area (Å²) in [6.07, 6.45) is 11.3. The van der Waals surface area contributed by atoms with Gasteiger partial charge in [-0.2, -0.15) is 12.6 Å². The molecule has 0 saturated heterocycles. The lowest BCUT2D eigenvalue weighted by atomic mass is 9.69. The Hall–Kier alpha value is -1.56. The molecular weight excluding hydrogens is 487 g/mol. The Balaban J connectivity index is 1.20. The molecule has 6 heteroatoms. The van der Waals surface area contributed by atoms with E-state index in [1.165, 1.54) is 25.7 Å². The second-order valence-corrected chi connectivity index (χ2v) is 12.2. The Labute approximate surface area is 216 Å². The van der Waals surface area contributed by atoms with E-state index in [1.807, 2.05) is 0 Å². The molecule has 0 radical (unpaired) electrons. The average Bonchev–Trinajstić information content (AvgIpc) is 2.87. The van der Waals surface area contributed by atoms with Crippen molar-refractivity contribution in [3.63, 3.8) is 0 Å². The van der Waals surface area contributed by atoms with Crippen LogP contribution in [0.4, 0.5) is 22.0 Å². The van der Waals surface area contributed by atoms with Gasteiger partial charge in [-0.1, -0.05) is 0 Å². The van der Waals surface area contributed by atoms with Gasteiger partial charge in [0, 0.05) is 10.8 Å². The molecule has 36 heavy (non-hydrogen) atoms. The molecule has 3 aliphatic carbocycles. The van der Waals surface area contributed by atoms with Gasteiger partial charge in [-0.25, -0.2) is 22.0 Å². The summed E-state index contributed by atoms with van der Waals surface area (Å²) in [5, 5.41) is 0.547. The van der Waals surface area contributed by atoms with Crippen LogP contribution >= 0.6 is 12.6 Å². The molecule has 0 bridgehead atoms. The molecule has 5 rings (SSSR count). The third-order valence-electron chi connectivity index (χ3n) is 9.37. The zero-order valence-electron chi connectivity index (χ0n) is 20.6. The van der Waals surface area contributed by atoms with Crippen LogP contribution in [0.25, 0.3) is 0 Å². The maximum atomic E-state index is 15.2. The summed E-state index contributed by atoms with van der Waals surface area (Å²) in [6.45, 7) is 0. The molecule has 0 nitrogen and oxygen atoms in total. The lowest BCUT2D eigenvalue weighted by Crippen LogP contribution is -2.25. The van der Waals surface area contributed by atoms with Crippen LogP contribution < -0.4 is 0 Å². The van der Waals surface area contributed by atoms with Gasteiger partial charge < -0.3 is 0 Å². The van der Waals surface area contributed by atoms with E-state index in [9.17, 15) is 13.2 Å². The van der Waals surface area contributed by atoms with Crippen molar-refractivity contribution in [3.05, 3.63) is 70.0 Å². The molecule has 3 saturated carbocycles. The van der Waals surface area contributed by atoms with Gasteiger partial charge >= 0.3 is 0 Å². The third kappa shape index (κ3) is 5.49. The first kappa shape index (κ1) is 26.1. The van der Waals surface area contributed by atoms with Crippen LogP contribution in [0.5, 0.6) is 0 Å². The van der Waals surface area contributed by atoms with Crippen LogP contribution in [0.15, 0.2) is 24.3 Å². The van der Waals surface area contributed by atoms with E-state index >= 15 is 8.78 Å². The standard InChI is InChI=1S/C30H35F5S/c31-25-13-22(19-3-1-17(2-4-19)18-9-11-24(36)12-10-18)14-26(32)29(25)21-7-5-20(6-8-21)23-15-27(33)30(35)28(34)16-23/h13-21,24,36H,1-12H2. The van der Waals surface area contributed by atoms with Gasteiger partial charge in [0.2, 0.25) is 0 Å². The van der Waals surface area contributed by atoms with E-state index in [2.05, 4.69) is 12.6 Å². The van der Waals surface area contributed by atoms with Crippen LogP contribution in [0.3, 0.4) is 0 Å². The largest absolute Gasteiger partial charge is 0.207 e. The summed E-state index contributed by atoms with van der Waals surface area (Å²) in [6, 6.07) is 5.18. The first-order valence-electron chi connectivity index (χ1n) is 13.6. The van der Waals surface area contributed by atoms with Crippen LogP contribution in [-0.4, -0.2) is 5.25 Å². The van der Waals surface area contributed by atoms with Crippen molar-refractivity contribution in [1.29, 1.82) is 0 Å². The number of halogens is 5. The second kappa shape index (κ2) is 11.0. The number of thiol groups is 1. The molecule has 0 aromatic heterocycles. The predicted octanol–water partition coefficient (Wildman–Crippen LogP) is 9.59. The molecule has 0 aliphatic heterocycles. The van der Waals surface area contributed by atoms with Crippen LogP contribution in [-0.2, 0) is 0 Å². The zero-order valence-corrected chi connectivity index (χ0v) is 21.5. The predicted molar refractivity (Wildman–Crippen MR) is 136 cm³/mol.